The maximum absolute atomic E-state index is 3.43. The van der Waals surface area contributed by atoms with Gasteiger partial charge in [-0.3, -0.25) is 0 Å². The normalized spacial score (nSPS) is 20.9. The number of nitrogens with one attached hydrogen (secondary N) is 1. The molecule has 1 heterocycles. The van der Waals surface area contributed by atoms with Gasteiger partial charge in [0.15, 0.2) is 0 Å². The first kappa shape index (κ1) is 12.4. The topological polar surface area (TPSA) is 15.3 Å². The summed E-state index contributed by atoms with van der Waals surface area (Å²) >= 11 is 0. The van der Waals surface area contributed by atoms with Gasteiger partial charge in [0.25, 0.3) is 0 Å². The van der Waals surface area contributed by atoms with Crippen LogP contribution in [0.3, 0.4) is 0 Å². The lowest BCUT2D eigenvalue weighted by Gasteiger charge is -2.36. The molecular weight excluding hydrogens is 208 g/mol. The van der Waals surface area contributed by atoms with Crippen molar-refractivity contribution >= 4 is 5.69 Å². The summed E-state index contributed by atoms with van der Waals surface area (Å²) in [5.41, 5.74) is 2.82. The van der Waals surface area contributed by atoms with Crippen molar-refractivity contribution in [3.63, 3.8) is 0 Å². The quantitative estimate of drug-likeness (QED) is 0.862. The Hall–Kier alpha value is -1.02. The number of hydrogen-bond acceptors (Lipinski definition) is 2. The number of hydrogen-bond donors (Lipinski definition) is 1. The monoisotopic (exact) mass is 232 g/mol. The number of piperazine rings is 1. The average molecular weight is 232 g/mol. The van der Waals surface area contributed by atoms with Crippen LogP contribution in [0.4, 0.5) is 5.69 Å². The van der Waals surface area contributed by atoms with E-state index >= 15 is 0 Å². The first-order valence-electron chi connectivity index (χ1n) is 6.73. The summed E-state index contributed by atoms with van der Waals surface area (Å²) in [6, 6.07) is 9.72. The minimum Gasteiger partial charge on any atom is -0.366 e. The molecule has 1 aromatic rings. The Morgan fingerprint density at radius 3 is 2.59 bits per heavy atom. The van der Waals surface area contributed by atoms with Crippen molar-refractivity contribution in [3.8, 4) is 0 Å². The van der Waals surface area contributed by atoms with Gasteiger partial charge in [0.2, 0.25) is 0 Å². The number of anilines is 1. The second-order valence-corrected chi connectivity index (χ2v) is 5.51. The second kappa shape index (κ2) is 5.54. The molecule has 0 amide bonds. The molecule has 0 radical (unpaired) electrons. The molecule has 2 nitrogen and oxygen atoms in total. The largest absolute Gasteiger partial charge is 0.366 e. The van der Waals surface area contributed by atoms with E-state index in [-0.39, 0.29) is 0 Å². The van der Waals surface area contributed by atoms with Gasteiger partial charge in [-0.05, 0) is 37.0 Å². The van der Waals surface area contributed by atoms with Gasteiger partial charge in [-0.1, -0.05) is 26.0 Å². The lowest BCUT2D eigenvalue weighted by Crippen LogP contribution is -2.49. The van der Waals surface area contributed by atoms with Crippen LogP contribution < -0.4 is 10.2 Å². The van der Waals surface area contributed by atoms with E-state index < -0.39 is 0 Å². The molecule has 1 atom stereocenters. The molecule has 1 aromatic carbocycles. The Labute approximate surface area is 105 Å². The minimum atomic E-state index is 0.597. The summed E-state index contributed by atoms with van der Waals surface area (Å²) in [6.07, 6.45) is 1.18. The molecule has 0 aliphatic carbocycles. The maximum Gasteiger partial charge on any atom is 0.0386 e. The first-order valence-corrected chi connectivity index (χ1v) is 6.73. The third-order valence-corrected chi connectivity index (χ3v) is 3.41. The summed E-state index contributed by atoms with van der Waals surface area (Å²) < 4.78 is 0. The highest BCUT2D eigenvalue weighted by Gasteiger charge is 2.17. The Kier molecular flexibility index (Phi) is 4.06. The van der Waals surface area contributed by atoms with Crippen LogP contribution in [0.25, 0.3) is 0 Å². The predicted octanol–water partition coefficient (Wildman–Crippen LogP) is 2.68. The molecule has 1 aliphatic rings. The molecule has 1 saturated heterocycles. The van der Waals surface area contributed by atoms with Gasteiger partial charge in [0.05, 0.1) is 0 Å². The summed E-state index contributed by atoms with van der Waals surface area (Å²) in [4.78, 5) is 2.50. The van der Waals surface area contributed by atoms with Gasteiger partial charge in [-0.25, -0.2) is 0 Å². The highest BCUT2D eigenvalue weighted by molar-refractivity contribution is 5.49. The van der Waals surface area contributed by atoms with Crippen LogP contribution in [0.15, 0.2) is 24.3 Å². The van der Waals surface area contributed by atoms with E-state index in [0.29, 0.717) is 6.04 Å². The zero-order valence-electron chi connectivity index (χ0n) is 11.2. The lowest BCUT2D eigenvalue weighted by atomic mass is 10.0. The van der Waals surface area contributed by atoms with Crippen LogP contribution in [0.5, 0.6) is 0 Å². The van der Waals surface area contributed by atoms with E-state index in [1.54, 1.807) is 0 Å². The fourth-order valence-electron chi connectivity index (χ4n) is 2.52. The summed E-state index contributed by atoms with van der Waals surface area (Å²) in [5.74, 6) is 0.735. The molecule has 2 heteroatoms. The van der Waals surface area contributed by atoms with Crippen molar-refractivity contribution in [2.24, 2.45) is 5.92 Å². The van der Waals surface area contributed by atoms with E-state index in [2.05, 4.69) is 55.3 Å². The Morgan fingerprint density at radius 1 is 1.29 bits per heavy atom. The van der Waals surface area contributed by atoms with Crippen molar-refractivity contribution in [1.82, 2.24) is 5.32 Å². The van der Waals surface area contributed by atoms with Crippen LogP contribution in [0.1, 0.15) is 26.3 Å². The van der Waals surface area contributed by atoms with Gasteiger partial charge in [-0.2, -0.15) is 0 Å². The predicted molar refractivity (Wildman–Crippen MR) is 74.7 cm³/mol. The number of benzene rings is 1. The van der Waals surface area contributed by atoms with E-state index in [1.807, 2.05) is 0 Å². The van der Waals surface area contributed by atoms with Gasteiger partial charge in [-0.15, -0.1) is 0 Å². The van der Waals surface area contributed by atoms with Crippen molar-refractivity contribution in [2.75, 3.05) is 24.5 Å². The zero-order valence-corrected chi connectivity index (χ0v) is 11.2. The van der Waals surface area contributed by atoms with Crippen molar-refractivity contribution in [1.29, 1.82) is 0 Å². The zero-order chi connectivity index (χ0) is 12.3. The van der Waals surface area contributed by atoms with Gasteiger partial charge >= 0.3 is 0 Å². The Morgan fingerprint density at radius 2 is 2.00 bits per heavy atom. The molecule has 0 bridgehead atoms. The van der Waals surface area contributed by atoms with E-state index in [0.717, 1.165) is 25.6 Å². The fraction of sp³-hybridized carbons (Fsp3) is 0.600. The van der Waals surface area contributed by atoms with Crippen molar-refractivity contribution < 1.29 is 0 Å². The van der Waals surface area contributed by atoms with Crippen LogP contribution in [-0.2, 0) is 6.42 Å². The second-order valence-electron chi connectivity index (χ2n) is 5.51. The SMILES string of the molecule is CC(C)Cc1ccc(N2CCNC[C@@H]2C)cc1. The Balaban J connectivity index is 2.06. The molecule has 0 spiro atoms. The molecule has 1 aliphatic heterocycles. The molecule has 17 heavy (non-hydrogen) atoms. The van der Waals surface area contributed by atoms with E-state index in [4.69, 9.17) is 0 Å². The lowest BCUT2D eigenvalue weighted by molar-refractivity contribution is 0.501. The van der Waals surface area contributed by atoms with Crippen molar-refractivity contribution in [3.05, 3.63) is 29.8 Å². The third kappa shape index (κ3) is 3.22. The smallest absolute Gasteiger partial charge is 0.0386 e. The molecule has 0 saturated carbocycles. The molecule has 0 unspecified atom stereocenters. The highest BCUT2D eigenvalue weighted by atomic mass is 15.2. The minimum absolute atomic E-state index is 0.597. The first-order chi connectivity index (χ1) is 8.16. The van der Waals surface area contributed by atoms with E-state index in [1.165, 1.54) is 17.7 Å². The Bertz CT molecular complexity index is 342. The average Bonchev–Trinajstić information content (AvgIpc) is 2.30. The summed E-state index contributed by atoms with van der Waals surface area (Å²) in [6.45, 7) is 10.1. The van der Waals surface area contributed by atoms with Gasteiger partial charge < -0.3 is 10.2 Å². The number of rotatable bonds is 3. The molecular formula is C15H24N2. The molecule has 2 rings (SSSR count). The molecule has 94 valence electrons. The summed E-state index contributed by atoms with van der Waals surface area (Å²) in [7, 11) is 0. The fourth-order valence-corrected chi connectivity index (χ4v) is 2.52. The standard InChI is InChI=1S/C15H24N2/c1-12(2)10-14-4-6-15(7-5-14)17-9-8-16-11-13(17)3/h4-7,12-13,16H,8-11H2,1-3H3/t13-/m0/s1. The van der Waals surface area contributed by atoms with Crippen LogP contribution in [0.2, 0.25) is 0 Å². The van der Waals surface area contributed by atoms with Crippen LogP contribution >= 0.6 is 0 Å². The molecule has 0 aromatic heterocycles. The van der Waals surface area contributed by atoms with Crippen molar-refractivity contribution in [2.45, 2.75) is 33.2 Å². The van der Waals surface area contributed by atoms with Crippen LogP contribution in [0, 0.1) is 5.92 Å². The third-order valence-electron chi connectivity index (χ3n) is 3.41. The van der Waals surface area contributed by atoms with Gasteiger partial charge in [0, 0.05) is 31.4 Å². The number of nitrogens with zero attached hydrogens (tertiary/aromatic N) is 1. The molecule has 1 N–H and O–H groups in total. The maximum atomic E-state index is 3.43. The van der Waals surface area contributed by atoms with Gasteiger partial charge in [0.1, 0.15) is 0 Å². The van der Waals surface area contributed by atoms with Crippen LogP contribution in [-0.4, -0.2) is 25.7 Å². The highest BCUT2D eigenvalue weighted by Crippen LogP contribution is 2.20. The van der Waals surface area contributed by atoms with E-state index in [9.17, 15) is 0 Å². The summed E-state index contributed by atoms with van der Waals surface area (Å²) in [5, 5.41) is 3.43. The molecule has 1 fully saturated rings.